The summed E-state index contributed by atoms with van der Waals surface area (Å²) in [5.74, 6) is -0.865. The van der Waals surface area contributed by atoms with Crippen LogP contribution in [0.25, 0.3) is 0 Å². The number of allylic oxidation sites excluding steroid dienone is 20. The van der Waals surface area contributed by atoms with E-state index in [-0.39, 0.29) is 32.6 Å². The summed E-state index contributed by atoms with van der Waals surface area (Å²) in [6, 6.07) is 0. The van der Waals surface area contributed by atoms with E-state index in [0.29, 0.717) is 12.8 Å². The highest BCUT2D eigenvalue weighted by Crippen LogP contribution is 2.43. The summed E-state index contributed by atoms with van der Waals surface area (Å²) in [6.07, 6.45) is 69.7. The number of carbonyl (C=O) groups is 2. The van der Waals surface area contributed by atoms with E-state index >= 15 is 0 Å². The lowest BCUT2D eigenvalue weighted by molar-refractivity contribution is -0.161. The summed E-state index contributed by atoms with van der Waals surface area (Å²) in [4.78, 5) is 34.9. The molecule has 0 saturated carbocycles. The summed E-state index contributed by atoms with van der Waals surface area (Å²) < 4.78 is 32.8. The molecular weight excluding hydrogens is 846 g/mol. The maximum Gasteiger partial charge on any atom is 0.472 e. The average Bonchev–Trinajstić information content (AvgIpc) is 3.31. The fourth-order valence-electron chi connectivity index (χ4n) is 6.33. The molecule has 2 unspecified atom stereocenters. The van der Waals surface area contributed by atoms with E-state index < -0.39 is 32.5 Å². The molecule has 0 bridgehead atoms. The first-order chi connectivity index (χ1) is 32.3. The topological polar surface area (TPSA) is 134 Å². The molecule has 66 heavy (non-hydrogen) atoms. The molecule has 0 fully saturated rings. The first-order valence-electron chi connectivity index (χ1n) is 25.5. The molecule has 0 radical (unpaired) electrons. The Balaban J connectivity index is 4.02. The lowest BCUT2D eigenvalue weighted by atomic mass is 10.1. The van der Waals surface area contributed by atoms with Crippen LogP contribution in [0.3, 0.4) is 0 Å². The zero-order chi connectivity index (χ0) is 48.1. The van der Waals surface area contributed by atoms with Gasteiger partial charge in [-0.3, -0.25) is 18.6 Å². The first-order valence-corrected chi connectivity index (χ1v) is 27.0. The molecule has 0 heterocycles. The highest BCUT2D eigenvalue weighted by molar-refractivity contribution is 7.47. The van der Waals surface area contributed by atoms with Gasteiger partial charge in [-0.05, 0) is 103 Å². The number of phosphoric acid groups is 1. The minimum absolute atomic E-state index is 0.0442. The molecule has 3 N–H and O–H groups in total. The van der Waals surface area contributed by atoms with Crippen molar-refractivity contribution in [1.29, 1.82) is 0 Å². The zero-order valence-corrected chi connectivity index (χ0v) is 42.3. The van der Waals surface area contributed by atoms with Gasteiger partial charge in [-0.15, -0.1) is 0 Å². The predicted molar refractivity (Wildman–Crippen MR) is 279 cm³/mol. The third-order valence-electron chi connectivity index (χ3n) is 10.1. The van der Waals surface area contributed by atoms with E-state index in [1.54, 1.807) is 0 Å². The van der Waals surface area contributed by atoms with Gasteiger partial charge in [0.25, 0.3) is 0 Å². The number of esters is 2. The average molecular weight is 938 g/mol. The van der Waals surface area contributed by atoms with Crippen LogP contribution in [0.4, 0.5) is 0 Å². The predicted octanol–water partition coefficient (Wildman–Crippen LogP) is 15.7. The summed E-state index contributed by atoms with van der Waals surface area (Å²) >= 11 is 0. The molecule has 374 valence electrons. The van der Waals surface area contributed by atoms with Gasteiger partial charge in [0.05, 0.1) is 13.2 Å². The number of nitrogens with two attached hydrogens (primary N) is 1. The van der Waals surface area contributed by atoms with Gasteiger partial charge in [0.1, 0.15) is 6.61 Å². The molecule has 0 aromatic rings. The number of hydrogen-bond donors (Lipinski definition) is 2. The minimum atomic E-state index is -4.39. The quantitative estimate of drug-likeness (QED) is 0.0265. The van der Waals surface area contributed by atoms with E-state index in [0.717, 1.165) is 128 Å². The maximum absolute atomic E-state index is 12.6. The van der Waals surface area contributed by atoms with E-state index in [9.17, 15) is 19.0 Å². The van der Waals surface area contributed by atoms with Gasteiger partial charge in [-0.2, -0.15) is 0 Å². The lowest BCUT2D eigenvalue weighted by Crippen LogP contribution is -2.29. The second kappa shape index (κ2) is 50.8. The molecule has 0 saturated heterocycles. The van der Waals surface area contributed by atoms with Crippen molar-refractivity contribution in [2.45, 2.75) is 193 Å². The molecule has 0 amide bonds. The molecule has 0 spiro atoms. The van der Waals surface area contributed by atoms with Gasteiger partial charge in [-0.25, -0.2) is 4.57 Å². The molecule has 0 aliphatic carbocycles. The van der Waals surface area contributed by atoms with Gasteiger partial charge in [0, 0.05) is 19.4 Å². The smallest absolute Gasteiger partial charge is 0.462 e. The van der Waals surface area contributed by atoms with E-state index in [1.165, 1.54) is 19.3 Å². The van der Waals surface area contributed by atoms with Crippen LogP contribution < -0.4 is 5.73 Å². The van der Waals surface area contributed by atoms with Crippen LogP contribution >= 0.6 is 7.82 Å². The van der Waals surface area contributed by atoms with Crippen LogP contribution in [0.15, 0.2) is 122 Å². The second-order valence-corrected chi connectivity index (χ2v) is 17.8. The van der Waals surface area contributed by atoms with Gasteiger partial charge in [-0.1, -0.05) is 193 Å². The Morgan fingerprint density at radius 2 is 0.833 bits per heavy atom. The Hall–Kier alpha value is -3.59. The molecule has 0 rings (SSSR count). The van der Waals surface area contributed by atoms with Gasteiger partial charge < -0.3 is 20.1 Å². The maximum atomic E-state index is 12.6. The van der Waals surface area contributed by atoms with Crippen LogP contribution in [0, 0.1) is 0 Å². The fraction of sp³-hybridized carbons (Fsp3) is 0.607. The third-order valence-corrected chi connectivity index (χ3v) is 11.0. The summed E-state index contributed by atoms with van der Waals surface area (Å²) in [5, 5.41) is 0. The van der Waals surface area contributed by atoms with Crippen LogP contribution in [0.1, 0.15) is 187 Å². The van der Waals surface area contributed by atoms with Crippen molar-refractivity contribution in [2.75, 3.05) is 26.4 Å². The molecule has 0 aromatic heterocycles. The third kappa shape index (κ3) is 49.8. The lowest BCUT2D eigenvalue weighted by Gasteiger charge is -2.19. The fourth-order valence-corrected chi connectivity index (χ4v) is 7.10. The van der Waals surface area contributed by atoms with E-state index in [4.69, 9.17) is 24.3 Å². The molecule has 0 aromatic carbocycles. The monoisotopic (exact) mass is 938 g/mol. The minimum Gasteiger partial charge on any atom is -0.462 e. The highest BCUT2D eigenvalue weighted by atomic mass is 31.2. The normalized spacial score (nSPS) is 14.2. The first kappa shape index (κ1) is 62.4. The number of phosphoric ester groups is 1. The largest absolute Gasteiger partial charge is 0.472 e. The zero-order valence-electron chi connectivity index (χ0n) is 41.4. The van der Waals surface area contributed by atoms with Crippen molar-refractivity contribution in [3.8, 4) is 0 Å². The SMILES string of the molecule is CC/C=C\C/C=C\C/C=C\C/C=C\C/C=C\C/C=C\C/C=C\C/C=C\C/C=C\CCCCCCCCCC(=O)OC(COC(=O)CCCCCCC/C=C\CCC)COP(=O)(O)OCCN. The van der Waals surface area contributed by atoms with Crippen LogP contribution in [-0.4, -0.2) is 49.3 Å². The summed E-state index contributed by atoms with van der Waals surface area (Å²) in [6.45, 7) is 3.50. The second-order valence-electron chi connectivity index (χ2n) is 16.3. The van der Waals surface area contributed by atoms with Gasteiger partial charge in [0.15, 0.2) is 6.10 Å². The number of ether oxygens (including phenoxy) is 2. The number of rotatable bonds is 46. The molecular formula is C56H92NO8P. The molecule has 10 heteroatoms. The highest BCUT2D eigenvalue weighted by Gasteiger charge is 2.26. The Kier molecular flexibility index (Phi) is 48.1. The Labute approximate surface area is 402 Å². The Morgan fingerprint density at radius 3 is 1.26 bits per heavy atom. The van der Waals surface area contributed by atoms with Crippen molar-refractivity contribution in [3.63, 3.8) is 0 Å². The molecule has 0 aliphatic rings. The summed E-state index contributed by atoms with van der Waals surface area (Å²) in [5.41, 5.74) is 5.35. The Morgan fingerprint density at radius 1 is 0.470 bits per heavy atom. The molecule has 2 atom stereocenters. The number of hydrogen-bond acceptors (Lipinski definition) is 8. The van der Waals surface area contributed by atoms with Crippen molar-refractivity contribution in [2.24, 2.45) is 5.73 Å². The van der Waals surface area contributed by atoms with Crippen molar-refractivity contribution < 1.29 is 37.6 Å². The van der Waals surface area contributed by atoms with Crippen LogP contribution in [0.2, 0.25) is 0 Å². The molecule has 9 nitrogen and oxygen atoms in total. The van der Waals surface area contributed by atoms with Crippen LogP contribution in [0.5, 0.6) is 0 Å². The van der Waals surface area contributed by atoms with E-state index in [2.05, 4.69) is 135 Å². The van der Waals surface area contributed by atoms with Crippen molar-refractivity contribution >= 4 is 19.8 Å². The molecule has 0 aliphatic heterocycles. The standard InChI is InChI=1S/C56H92NO8P/c1-3-5-7-9-11-13-15-16-17-18-19-20-21-22-23-24-25-26-27-28-29-30-31-32-33-34-35-36-37-38-39-41-43-45-47-49-56(59)65-54(53-64-66(60,61)63-51-50-57)52-62-55(58)48-46-44-42-40-14-12-10-8-6-4-2/h5,7-8,10-11,13,16-17,19-20,22-23,25-26,28-29,31-32,34-35,54H,3-4,6,9,12,14-15,18,21,24,27,30,33,36-53,57H2,1-2H3,(H,60,61)/b7-5-,10-8-,13-11-,17-16-,20-19-,23-22-,26-25-,29-28-,32-31-,35-34-. The van der Waals surface area contributed by atoms with Gasteiger partial charge >= 0.3 is 19.8 Å². The Bertz CT molecular complexity index is 1490. The van der Waals surface area contributed by atoms with Crippen molar-refractivity contribution in [3.05, 3.63) is 122 Å². The summed E-state index contributed by atoms with van der Waals surface area (Å²) in [7, 11) is -4.39. The van der Waals surface area contributed by atoms with Crippen molar-refractivity contribution in [1.82, 2.24) is 0 Å². The number of unbranched alkanes of at least 4 members (excludes halogenated alkanes) is 13. The number of carbonyl (C=O) groups excluding carboxylic acids is 2. The van der Waals surface area contributed by atoms with Gasteiger partial charge in [0.2, 0.25) is 0 Å². The van der Waals surface area contributed by atoms with Crippen LogP contribution in [-0.2, 0) is 32.7 Å². The van der Waals surface area contributed by atoms with E-state index in [1.807, 2.05) is 0 Å².